The van der Waals surface area contributed by atoms with Gasteiger partial charge in [0.2, 0.25) is 5.91 Å². The van der Waals surface area contributed by atoms with Gasteiger partial charge < -0.3 is 15.3 Å². The molecule has 1 aromatic carbocycles. The number of aliphatic hydroxyl groups excluding tert-OH is 1. The Morgan fingerprint density at radius 1 is 1.35 bits per heavy atom. The summed E-state index contributed by atoms with van der Waals surface area (Å²) >= 11 is 0. The molecule has 0 aliphatic heterocycles. The van der Waals surface area contributed by atoms with Gasteiger partial charge in [0.05, 0.1) is 6.21 Å². The first-order chi connectivity index (χ1) is 8.13. The van der Waals surface area contributed by atoms with Crippen molar-refractivity contribution in [2.75, 3.05) is 6.61 Å². The highest BCUT2D eigenvalue weighted by Gasteiger charge is 1.99. The Balaban J connectivity index is 2.48. The molecule has 0 spiro atoms. The first-order valence-corrected chi connectivity index (χ1v) is 5.08. The van der Waals surface area contributed by atoms with Crippen molar-refractivity contribution < 1.29 is 20.1 Å². The molecule has 92 valence electrons. The fraction of sp³-hybridized carbons (Fsp3) is 0.273. The molecule has 0 fully saturated rings. The predicted octanol–water partition coefficient (Wildman–Crippen LogP) is 0.320. The zero-order valence-corrected chi connectivity index (χ0v) is 9.13. The molecule has 0 unspecified atom stereocenters. The molecule has 0 aliphatic carbocycles. The fourth-order valence-electron chi connectivity index (χ4n) is 1.10. The summed E-state index contributed by atoms with van der Waals surface area (Å²) in [5, 5.41) is 30.4. The van der Waals surface area contributed by atoms with Gasteiger partial charge in [0.25, 0.3) is 0 Å². The number of aromatic hydroxyl groups is 2. The Labute approximate surface area is 98.2 Å². The van der Waals surface area contributed by atoms with Crippen LogP contribution in [0.5, 0.6) is 11.5 Å². The second kappa shape index (κ2) is 6.49. The van der Waals surface area contributed by atoms with Crippen LogP contribution in [-0.2, 0) is 4.79 Å². The highest BCUT2D eigenvalue weighted by Crippen LogP contribution is 2.23. The minimum atomic E-state index is -0.293. The lowest BCUT2D eigenvalue weighted by atomic mass is 10.2. The summed E-state index contributed by atoms with van der Waals surface area (Å²) in [5.41, 5.74) is 2.82. The Hall–Kier alpha value is -2.08. The number of hydrazone groups is 1. The van der Waals surface area contributed by atoms with E-state index in [1.54, 1.807) is 6.07 Å². The zero-order valence-electron chi connectivity index (χ0n) is 9.13. The first-order valence-electron chi connectivity index (χ1n) is 5.08. The number of carbonyl (C=O) groups excluding carboxylic acids is 1. The number of aliphatic hydroxyl groups is 1. The number of phenolic OH excluding ortho intramolecular Hbond substituents is 2. The topological polar surface area (TPSA) is 102 Å². The van der Waals surface area contributed by atoms with E-state index in [4.69, 9.17) is 10.2 Å². The van der Waals surface area contributed by atoms with Gasteiger partial charge in [-0.25, -0.2) is 5.43 Å². The molecule has 1 rings (SSSR count). The maximum atomic E-state index is 11.1. The maximum absolute atomic E-state index is 11.1. The van der Waals surface area contributed by atoms with Crippen LogP contribution in [0.4, 0.5) is 0 Å². The summed E-state index contributed by atoms with van der Waals surface area (Å²) in [4.78, 5) is 11.1. The smallest absolute Gasteiger partial charge is 0.240 e. The van der Waals surface area contributed by atoms with Crippen LogP contribution in [0.15, 0.2) is 23.3 Å². The molecule has 17 heavy (non-hydrogen) atoms. The van der Waals surface area contributed by atoms with Crippen LogP contribution in [0.3, 0.4) is 0 Å². The SMILES string of the molecule is O=C(CCCO)NN=Cc1ccc(O)c(O)c1. The van der Waals surface area contributed by atoms with Crippen molar-refractivity contribution in [1.82, 2.24) is 5.43 Å². The summed E-state index contributed by atoms with van der Waals surface area (Å²) in [7, 11) is 0. The molecular weight excluding hydrogens is 224 g/mol. The summed E-state index contributed by atoms with van der Waals surface area (Å²) < 4.78 is 0. The molecule has 6 heteroatoms. The van der Waals surface area contributed by atoms with Crippen molar-refractivity contribution in [2.24, 2.45) is 5.10 Å². The number of hydrogen-bond acceptors (Lipinski definition) is 5. The third-order valence-electron chi connectivity index (χ3n) is 1.96. The van der Waals surface area contributed by atoms with Crippen LogP contribution >= 0.6 is 0 Å². The van der Waals surface area contributed by atoms with Crippen LogP contribution < -0.4 is 5.43 Å². The number of nitrogens with one attached hydrogen (secondary N) is 1. The second-order valence-corrected chi connectivity index (χ2v) is 3.37. The normalized spacial score (nSPS) is 10.6. The molecule has 0 saturated heterocycles. The van der Waals surface area contributed by atoms with Crippen LogP contribution in [-0.4, -0.2) is 34.0 Å². The van der Waals surface area contributed by atoms with E-state index in [-0.39, 0.29) is 30.4 Å². The largest absolute Gasteiger partial charge is 0.504 e. The van der Waals surface area contributed by atoms with Crippen molar-refractivity contribution in [3.05, 3.63) is 23.8 Å². The summed E-state index contributed by atoms with van der Waals surface area (Å²) in [5.74, 6) is -0.756. The van der Waals surface area contributed by atoms with Crippen molar-refractivity contribution in [3.63, 3.8) is 0 Å². The minimum Gasteiger partial charge on any atom is -0.504 e. The molecule has 0 atom stereocenters. The predicted molar refractivity (Wildman–Crippen MR) is 61.8 cm³/mol. The Morgan fingerprint density at radius 2 is 2.12 bits per heavy atom. The average molecular weight is 238 g/mol. The second-order valence-electron chi connectivity index (χ2n) is 3.37. The van der Waals surface area contributed by atoms with Crippen LogP contribution in [0, 0.1) is 0 Å². The van der Waals surface area contributed by atoms with Gasteiger partial charge in [-0.15, -0.1) is 0 Å². The van der Waals surface area contributed by atoms with E-state index in [0.717, 1.165) is 0 Å². The third-order valence-corrected chi connectivity index (χ3v) is 1.96. The summed E-state index contributed by atoms with van der Waals surface area (Å²) in [6, 6.07) is 4.18. The van der Waals surface area contributed by atoms with E-state index in [1.165, 1.54) is 18.3 Å². The lowest BCUT2D eigenvalue weighted by Crippen LogP contribution is -2.17. The summed E-state index contributed by atoms with van der Waals surface area (Å²) in [6.45, 7) is -0.0387. The molecule has 1 amide bonds. The summed E-state index contributed by atoms with van der Waals surface area (Å²) in [6.07, 6.45) is 1.94. The number of hydrogen-bond donors (Lipinski definition) is 4. The average Bonchev–Trinajstić information content (AvgIpc) is 2.31. The van der Waals surface area contributed by atoms with Gasteiger partial charge in [0, 0.05) is 13.0 Å². The highest BCUT2D eigenvalue weighted by atomic mass is 16.3. The molecule has 0 heterocycles. The standard InChI is InChI=1S/C11H14N2O4/c14-5-1-2-11(17)13-12-7-8-3-4-9(15)10(16)6-8/h3-4,6-7,14-16H,1-2,5H2,(H,13,17). The van der Waals surface area contributed by atoms with Gasteiger partial charge in [-0.2, -0.15) is 5.10 Å². The van der Waals surface area contributed by atoms with E-state index in [9.17, 15) is 9.90 Å². The van der Waals surface area contributed by atoms with Crippen LogP contribution in [0.2, 0.25) is 0 Å². The molecule has 4 N–H and O–H groups in total. The van der Waals surface area contributed by atoms with Gasteiger partial charge in [0.1, 0.15) is 0 Å². The molecule has 0 aromatic heterocycles. The number of phenols is 2. The molecule has 0 radical (unpaired) electrons. The molecule has 0 saturated carbocycles. The molecule has 1 aromatic rings. The van der Waals surface area contributed by atoms with E-state index < -0.39 is 0 Å². The van der Waals surface area contributed by atoms with Gasteiger partial charge in [-0.05, 0) is 30.2 Å². The molecule has 6 nitrogen and oxygen atoms in total. The van der Waals surface area contributed by atoms with Gasteiger partial charge in [0.15, 0.2) is 11.5 Å². The van der Waals surface area contributed by atoms with Gasteiger partial charge in [-0.1, -0.05) is 0 Å². The fourth-order valence-corrected chi connectivity index (χ4v) is 1.10. The quantitative estimate of drug-likeness (QED) is 0.337. The molecule has 0 aliphatic rings. The first kappa shape index (κ1) is 13.0. The van der Waals surface area contributed by atoms with E-state index in [2.05, 4.69) is 10.5 Å². The Kier molecular flexibility index (Phi) is 4.96. The number of carbonyl (C=O) groups is 1. The van der Waals surface area contributed by atoms with E-state index in [0.29, 0.717) is 12.0 Å². The van der Waals surface area contributed by atoms with Gasteiger partial charge in [-0.3, -0.25) is 4.79 Å². The molecule has 0 bridgehead atoms. The van der Waals surface area contributed by atoms with Crippen molar-refractivity contribution in [1.29, 1.82) is 0 Å². The van der Waals surface area contributed by atoms with Gasteiger partial charge >= 0.3 is 0 Å². The van der Waals surface area contributed by atoms with Crippen molar-refractivity contribution >= 4 is 12.1 Å². The van der Waals surface area contributed by atoms with E-state index >= 15 is 0 Å². The van der Waals surface area contributed by atoms with E-state index in [1.807, 2.05) is 0 Å². The van der Waals surface area contributed by atoms with Crippen LogP contribution in [0.1, 0.15) is 18.4 Å². The lowest BCUT2D eigenvalue weighted by molar-refractivity contribution is -0.121. The Morgan fingerprint density at radius 3 is 2.76 bits per heavy atom. The highest BCUT2D eigenvalue weighted by molar-refractivity contribution is 5.83. The van der Waals surface area contributed by atoms with Crippen molar-refractivity contribution in [2.45, 2.75) is 12.8 Å². The van der Waals surface area contributed by atoms with Crippen molar-refractivity contribution in [3.8, 4) is 11.5 Å². The minimum absolute atomic E-state index is 0.0387. The van der Waals surface area contributed by atoms with Crippen LogP contribution in [0.25, 0.3) is 0 Å². The number of amides is 1. The number of benzene rings is 1. The Bertz CT molecular complexity index is 418. The monoisotopic (exact) mass is 238 g/mol. The molecular formula is C11H14N2O4. The number of rotatable bonds is 5. The number of nitrogens with zero attached hydrogens (tertiary/aromatic N) is 1. The lowest BCUT2D eigenvalue weighted by Gasteiger charge is -1.99. The maximum Gasteiger partial charge on any atom is 0.240 e. The zero-order chi connectivity index (χ0) is 12.7. The third kappa shape index (κ3) is 4.52.